The highest BCUT2D eigenvalue weighted by molar-refractivity contribution is 5.73. The van der Waals surface area contributed by atoms with Crippen LogP contribution < -0.4 is 0 Å². The third kappa shape index (κ3) is 2.35. The molecule has 0 aliphatic heterocycles. The Balaban J connectivity index is 2.13. The minimum atomic E-state index is 1.04. The Morgan fingerprint density at radius 3 is 1.80 bits per heavy atom. The zero-order valence-corrected chi connectivity index (χ0v) is 11.8. The van der Waals surface area contributed by atoms with Crippen LogP contribution in [0.2, 0.25) is 0 Å². The van der Waals surface area contributed by atoms with Crippen LogP contribution in [0, 0.1) is 13.8 Å². The molecule has 0 fully saturated rings. The summed E-state index contributed by atoms with van der Waals surface area (Å²) < 4.78 is 0. The van der Waals surface area contributed by atoms with Crippen molar-refractivity contribution in [1.29, 1.82) is 0 Å². The van der Waals surface area contributed by atoms with Crippen molar-refractivity contribution in [3.05, 3.63) is 78.0 Å². The van der Waals surface area contributed by atoms with Gasteiger partial charge in [0.25, 0.3) is 0 Å². The van der Waals surface area contributed by atoms with E-state index in [0.717, 1.165) is 11.4 Å². The number of hydrogen-bond acceptors (Lipinski definition) is 1. The minimum absolute atomic E-state index is 1.04. The van der Waals surface area contributed by atoms with E-state index >= 15 is 0 Å². The van der Waals surface area contributed by atoms with E-state index in [1.165, 1.54) is 22.3 Å². The number of nitrogens with zero attached hydrogens (tertiary/aromatic N) is 1. The number of hydrogen-bond donors (Lipinski definition) is 0. The molecule has 0 amide bonds. The minimum Gasteiger partial charge on any atom is -0.252 e. The number of aromatic nitrogens is 1. The molecule has 0 atom stereocenters. The van der Waals surface area contributed by atoms with Crippen LogP contribution in [0.25, 0.3) is 22.4 Å². The highest BCUT2D eigenvalue weighted by Gasteiger charge is 2.09. The van der Waals surface area contributed by atoms with Gasteiger partial charge in [0.1, 0.15) is 0 Å². The van der Waals surface area contributed by atoms with E-state index in [4.69, 9.17) is 4.98 Å². The Morgan fingerprint density at radius 1 is 0.700 bits per heavy atom. The van der Waals surface area contributed by atoms with Crippen LogP contribution in [0.3, 0.4) is 0 Å². The standard InChI is InChI=1S/C19H17N/c1-14-13-18(16-9-5-3-6-10-16)20-15(2)19(14)17-11-7-4-8-12-17/h3-13H,1-2H3. The summed E-state index contributed by atoms with van der Waals surface area (Å²) in [6, 6.07) is 23.0. The first-order chi connectivity index (χ1) is 9.75. The van der Waals surface area contributed by atoms with Crippen LogP contribution in [-0.4, -0.2) is 4.98 Å². The predicted octanol–water partition coefficient (Wildman–Crippen LogP) is 5.03. The third-order valence-corrected chi connectivity index (χ3v) is 3.53. The first kappa shape index (κ1) is 12.6. The summed E-state index contributed by atoms with van der Waals surface area (Å²) in [4.78, 5) is 4.78. The van der Waals surface area contributed by atoms with Crippen LogP contribution in [0.15, 0.2) is 66.7 Å². The monoisotopic (exact) mass is 259 g/mol. The molecule has 0 saturated heterocycles. The maximum Gasteiger partial charge on any atom is 0.0708 e. The molecule has 1 heteroatoms. The average molecular weight is 259 g/mol. The fourth-order valence-electron chi connectivity index (χ4n) is 2.63. The Kier molecular flexibility index (Phi) is 3.34. The van der Waals surface area contributed by atoms with Gasteiger partial charge >= 0.3 is 0 Å². The number of benzene rings is 2. The SMILES string of the molecule is Cc1cc(-c2ccccc2)nc(C)c1-c1ccccc1. The largest absolute Gasteiger partial charge is 0.252 e. The fraction of sp³-hybridized carbons (Fsp3) is 0.105. The Hall–Kier alpha value is -2.41. The molecule has 0 saturated carbocycles. The second-order valence-electron chi connectivity index (χ2n) is 5.02. The van der Waals surface area contributed by atoms with Gasteiger partial charge in [-0.25, -0.2) is 0 Å². The molecule has 0 N–H and O–H groups in total. The average Bonchev–Trinajstić information content (AvgIpc) is 2.48. The summed E-state index contributed by atoms with van der Waals surface area (Å²) in [6.07, 6.45) is 0. The molecule has 0 spiro atoms. The van der Waals surface area contributed by atoms with Crippen LogP contribution in [0.1, 0.15) is 11.3 Å². The lowest BCUT2D eigenvalue weighted by Crippen LogP contribution is -1.95. The normalized spacial score (nSPS) is 10.5. The molecule has 1 nitrogen and oxygen atoms in total. The lowest BCUT2D eigenvalue weighted by molar-refractivity contribution is 1.18. The summed E-state index contributed by atoms with van der Waals surface area (Å²) in [5, 5.41) is 0. The van der Waals surface area contributed by atoms with Crippen molar-refractivity contribution >= 4 is 0 Å². The van der Waals surface area contributed by atoms with Crippen LogP contribution in [0.5, 0.6) is 0 Å². The second-order valence-corrected chi connectivity index (χ2v) is 5.02. The smallest absolute Gasteiger partial charge is 0.0708 e. The Morgan fingerprint density at radius 2 is 1.25 bits per heavy atom. The molecule has 20 heavy (non-hydrogen) atoms. The summed E-state index contributed by atoms with van der Waals surface area (Å²) in [6.45, 7) is 4.24. The molecule has 1 aromatic heterocycles. The van der Waals surface area contributed by atoms with Gasteiger partial charge in [-0.05, 0) is 31.0 Å². The molecular weight excluding hydrogens is 242 g/mol. The molecule has 3 aromatic rings. The maximum absolute atomic E-state index is 4.78. The van der Waals surface area contributed by atoms with Gasteiger partial charge in [-0.1, -0.05) is 60.7 Å². The molecule has 0 unspecified atom stereocenters. The predicted molar refractivity (Wildman–Crippen MR) is 84.6 cm³/mol. The van der Waals surface area contributed by atoms with Gasteiger partial charge in [-0.15, -0.1) is 0 Å². The number of pyridine rings is 1. The Labute approximate surface area is 119 Å². The second kappa shape index (κ2) is 5.30. The van der Waals surface area contributed by atoms with Crippen molar-refractivity contribution < 1.29 is 0 Å². The topological polar surface area (TPSA) is 12.9 Å². The highest BCUT2D eigenvalue weighted by atomic mass is 14.7. The molecular formula is C19H17N. The van der Waals surface area contributed by atoms with Gasteiger partial charge in [-0.2, -0.15) is 0 Å². The first-order valence-corrected chi connectivity index (χ1v) is 6.85. The molecule has 0 radical (unpaired) electrons. The Bertz CT molecular complexity index is 692. The van der Waals surface area contributed by atoms with Crippen LogP contribution >= 0.6 is 0 Å². The first-order valence-electron chi connectivity index (χ1n) is 6.85. The van der Waals surface area contributed by atoms with E-state index in [-0.39, 0.29) is 0 Å². The van der Waals surface area contributed by atoms with Crippen molar-refractivity contribution in [3.63, 3.8) is 0 Å². The van der Waals surface area contributed by atoms with Crippen molar-refractivity contribution in [1.82, 2.24) is 4.98 Å². The zero-order chi connectivity index (χ0) is 13.9. The third-order valence-electron chi connectivity index (χ3n) is 3.53. The number of rotatable bonds is 2. The molecule has 2 aromatic carbocycles. The summed E-state index contributed by atoms with van der Waals surface area (Å²) in [5.41, 5.74) is 7.02. The summed E-state index contributed by atoms with van der Waals surface area (Å²) >= 11 is 0. The summed E-state index contributed by atoms with van der Waals surface area (Å²) in [5.74, 6) is 0. The van der Waals surface area contributed by atoms with Gasteiger partial charge in [-0.3, -0.25) is 4.98 Å². The van der Waals surface area contributed by atoms with Gasteiger partial charge in [0, 0.05) is 16.8 Å². The highest BCUT2D eigenvalue weighted by Crippen LogP contribution is 2.29. The van der Waals surface area contributed by atoms with Crippen molar-refractivity contribution in [2.45, 2.75) is 13.8 Å². The van der Waals surface area contributed by atoms with Gasteiger partial charge < -0.3 is 0 Å². The van der Waals surface area contributed by atoms with E-state index in [1.54, 1.807) is 0 Å². The van der Waals surface area contributed by atoms with Crippen molar-refractivity contribution in [2.75, 3.05) is 0 Å². The van der Waals surface area contributed by atoms with Crippen LogP contribution in [-0.2, 0) is 0 Å². The van der Waals surface area contributed by atoms with E-state index < -0.39 is 0 Å². The van der Waals surface area contributed by atoms with Crippen molar-refractivity contribution in [2.24, 2.45) is 0 Å². The van der Waals surface area contributed by atoms with E-state index in [9.17, 15) is 0 Å². The lowest BCUT2D eigenvalue weighted by Gasteiger charge is -2.12. The van der Waals surface area contributed by atoms with E-state index in [0.29, 0.717) is 0 Å². The van der Waals surface area contributed by atoms with E-state index in [2.05, 4.69) is 56.3 Å². The molecule has 0 bridgehead atoms. The van der Waals surface area contributed by atoms with Gasteiger partial charge in [0.2, 0.25) is 0 Å². The van der Waals surface area contributed by atoms with Gasteiger partial charge in [0.05, 0.1) is 5.69 Å². The van der Waals surface area contributed by atoms with Crippen LogP contribution in [0.4, 0.5) is 0 Å². The maximum atomic E-state index is 4.78. The molecule has 98 valence electrons. The zero-order valence-electron chi connectivity index (χ0n) is 11.8. The quantitative estimate of drug-likeness (QED) is 0.628. The molecule has 0 aliphatic carbocycles. The van der Waals surface area contributed by atoms with Gasteiger partial charge in [0.15, 0.2) is 0 Å². The van der Waals surface area contributed by atoms with Crippen molar-refractivity contribution in [3.8, 4) is 22.4 Å². The van der Waals surface area contributed by atoms with E-state index in [1.807, 2.05) is 24.3 Å². The molecule has 3 rings (SSSR count). The fourth-order valence-corrected chi connectivity index (χ4v) is 2.63. The molecule has 1 heterocycles. The summed E-state index contributed by atoms with van der Waals surface area (Å²) in [7, 11) is 0. The molecule has 0 aliphatic rings. The number of aryl methyl sites for hydroxylation is 2. The lowest BCUT2D eigenvalue weighted by atomic mass is 9.97.